The third-order valence-corrected chi connectivity index (χ3v) is 14.0. The molecule has 0 radical (unpaired) electrons. The summed E-state index contributed by atoms with van der Waals surface area (Å²) in [6, 6.07) is 0. The molecule has 0 atom stereocenters. The number of hydrogen-bond acceptors (Lipinski definition) is 0. The predicted molar refractivity (Wildman–Crippen MR) is 43.1 cm³/mol. The van der Waals surface area contributed by atoms with Gasteiger partial charge in [-0.25, -0.2) is 0 Å². The van der Waals surface area contributed by atoms with Gasteiger partial charge in [-0.05, 0) is 0 Å². The average molecular weight is 195 g/mol. The molecule has 0 amide bonds. The molecule has 2 heteroatoms. The first-order valence-electron chi connectivity index (χ1n) is 3.37. The van der Waals surface area contributed by atoms with Crippen LogP contribution in [0.3, 0.4) is 0 Å². The molecule has 0 nitrogen and oxygen atoms in total. The third-order valence-electron chi connectivity index (χ3n) is 1.90. The van der Waals surface area contributed by atoms with Crippen LogP contribution in [-0.4, -0.2) is 12.3 Å². The van der Waals surface area contributed by atoms with Crippen molar-refractivity contribution in [1.29, 1.82) is 0 Å². The average Bonchev–Trinajstić information content (AvgIpc) is 1.87. The van der Waals surface area contributed by atoms with Crippen molar-refractivity contribution in [2.45, 2.75) is 36.5 Å². The minimum atomic E-state index is -1.65. The Hall–Kier alpha value is 0.833. The molecule has 0 heterocycles. The summed E-state index contributed by atoms with van der Waals surface area (Å²) in [6.45, 7) is 6.67. The van der Waals surface area contributed by atoms with E-state index in [1.54, 1.807) is 0 Å². The van der Waals surface area contributed by atoms with Crippen molar-refractivity contribution in [2.75, 3.05) is 0 Å². The molecule has 0 aromatic heterocycles. The van der Waals surface area contributed by atoms with Gasteiger partial charge in [0.1, 0.15) is 0 Å². The van der Waals surface area contributed by atoms with Crippen LogP contribution in [0.15, 0.2) is 0 Å². The SMILES string of the molecule is C[CH2][Ge]([Cl])([CH2]C)[CH2]C. The van der Waals surface area contributed by atoms with E-state index in [4.69, 9.17) is 10.0 Å². The first-order chi connectivity index (χ1) is 3.68. The summed E-state index contributed by atoms with van der Waals surface area (Å²) in [4.78, 5) is 0. The summed E-state index contributed by atoms with van der Waals surface area (Å²) < 4.78 is 0. The second kappa shape index (κ2) is 3.78. The van der Waals surface area contributed by atoms with Crippen molar-refractivity contribution in [3.63, 3.8) is 0 Å². The fraction of sp³-hybridized carbons (Fsp3) is 1.00. The van der Waals surface area contributed by atoms with Gasteiger partial charge in [-0.15, -0.1) is 0 Å². The number of hydrogen-bond donors (Lipinski definition) is 0. The molecule has 0 bridgehead atoms. The topological polar surface area (TPSA) is 0 Å². The Kier molecular flexibility index (Phi) is 4.18. The Morgan fingerprint density at radius 2 is 1.25 bits per heavy atom. The Bertz CT molecular complexity index is 51.3. The van der Waals surface area contributed by atoms with Crippen molar-refractivity contribution in [3.05, 3.63) is 0 Å². The normalized spacial score (nSPS) is 12.0. The van der Waals surface area contributed by atoms with E-state index >= 15 is 0 Å². The molecule has 0 fully saturated rings. The zero-order valence-corrected chi connectivity index (χ0v) is 8.85. The van der Waals surface area contributed by atoms with Gasteiger partial charge < -0.3 is 0 Å². The monoisotopic (exact) mass is 196 g/mol. The molecular weight excluding hydrogens is 180 g/mol. The predicted octanol–water partition coefficient (Wildman–Crippen LogP) is 3.23. The van der Waals surface area contributed by atoms with E-state index in [1.807, 2.05) is 0 Å². The van der Waals surface area contributed by atoms with E-state index in [0.29, 0.717) is 0 Å². The Balaban J connectivity index is 3.58. The van der Waals surface area contributed by atoms with Gasteiger partial charge in [0.25, 0.3) is 0 Å². The Labute approximate surface area is 59.2 Å². The summed E-state index contributed by atoms with van der Waals surface area (Å²) >= 11 is -1.65. The van der Waals surface area contributed by atoms with Crippen LogP contribution in [0.5, 0.6) is 0 Å². The van der Waals surface area contributed by atoms with Gasteiger partial charge in [0.2, 0.25) is 0 Å². The van der Waals surface area contributed by atoms with Crippen molar-refractivity contribution in [2.24, 2.45) is 0 Å². The first kappa shape index (κ1) is 8.83. The zero-order valence-electron chi connectivity index (χ0n) is 6.00. The molecule has 8 heavy (non-hydrogen) atoms. The molecule has 0 rings (SSSR count). The maximum absolute atomic E-state index is 6.28. The van der Waals surface area contributed by atoms with Crippen LogP contribution < -0.4 is 0 Å². The molecule has 50 valence electrons. The van der Waals surface area contributed by atoms with Crippen molar-refractivity contribution in [3.8, 4) is 0 Å². The van der Waals surface area contributed by atoms with Crippen molar-refractivity contribution >= 4 is 22.3 Å². The van der Waals surface area contributed by atoms with Gasteiger partial charge in [-0.2, -0.15) is 0 Å². The van der Waals surface area contributed by atoms with Crippen LogP contribution in [0.25, 0.3) is 0 Å². The van der Waals surface area contributed by atoms with E-state index in [9.17, 15) is 0 Å². The van der Waals surface area contributed by atoms with Gasteiger partial charge in [0.05, 0.1) is 0 Å². The Morgan fingerprint density at radius 1 is 1.00 bits per heavy atom. The minimum absolute atomic E-state index is 1.27. The molecule has 0 aliphatic rings. The Morgan fingerprint density at radius 3 is 1.25 bits per heavy atom. The van der Waals surface area contributed by atoms with Gasteiger partial charge in [-0.1, -0.05) is 0 Å². The van der Waals surface area contributed by atoms with E-state index in [1.165, 1.54) is 15.8 Å². The number of halogens is 1. The van der Waals surface area contributed by atoms with E-state index < -0.39 is 12.3 Å². The van der Waals surface area contributed by atoms with Crippen LogP contribution in [-0.2, 0) is 0 Å². The molecule has 0 aliphatic carbocycles. The van der Waals surface area contributed by atoms with Gasteiger partial charge >= 0.3 is 58.9 Å². The first-order valence-corrected chi connectivity index (χ1v) is 10.6. The molecule has 0 saturated carbocycles. The standard InChI is InChI=1S/C6H15ClGe/c1-4-8(7,5-2)6-3/h4-6H2,1-3H3. The molecule has 0 unspecified atom stereocenters. The molecule has 0 aliphatic heterocycles. The molecular formula is C6H15ClGe. The number of rotatable bonds is 3. The molecule has 0 saturated heterocycles. The third kappa shape index (κ3) is 2.40. The molecule has 0 aromatic rings. The van der Waals surface area contributed by atoms with Crippen molar-refractivity contribution in [1.82, 2.24) is 0 Å². The van der Waals surface area contributed by atoms with Crippen LogP contribution in [0.4, 0.5) is 0 Å². The van der Waals surface area contributed by atoms with Gasteiger partial charge in [-0.3, -0.25) is 0 Å². The summed E-state index contributed by atoms with van der Waals surface area (Å²) in [5.74, 6) is 0. The maximum atomic E-state index is 6.28. The van der Waals surface area contributed by atoms with E-state index in [0.717, 1.165) is 0 Å². The van der Waals surface area contributed by atoms with Crippen LogP contribution in [0.2, 0.25) is 15.8 Å². The van der Waals surface area contributed by atoms with E-state index in [2.05, 4.69) is 20.8 Å². The summed E-state index contributed by atoms with van der Waals surface area (Å²) in [6.07, 6.45) is 0. The van der Waals surface area contributed by atoms with Gasteiger partial charge in [0.15, 0.2) is 0 Å². The second-order valence-electron chi connectivity index (χ2n) is 2.21. The van der Waals surface area contributed by atoms with Crippen LogP contribution >= 0.6 is 10.0 Å². The summed E-state index contributed by atoms with van der Waals surface area (Å²) in [5.41, 5.74) is 0. The second-order valence-corrected chi connectivity index (χ2v) is 15.7. The van der Waals surface area contributed by atoms with Crippen LogP contribution in [0.1, 0.15) is 20.8 Å². The molecule has 0 aromatic carbocycles. The molecule has 0 spiro atoms. The fourth-order valence-electron chi connectivity index (χ4n) is 0.750. The fourth-order valence-corrected chi connectivity index (χ4v) is 3.90. The van der Waals surface area contributed by atoms with E-state index in [-0.39, 0.29) is 0 Å². The summed E-state index contributed by atoms with van der Waals surface area (Å²) in [5, 5.41) is 3.82. The molecule has 0 N–H and O–H groups in total. The summed E-state index contributed by atoms with van der Waals surface area (Å²) in [7, 11) is 6.28. The van der Waals surface area contributed by atoms with Crippen LogP contribution in [0, 0.1) is 0 Å². The van der Waals surface area contributed by atoms with Gasteiger partial charge in [0, 0.05) is 0 Å². The zero-order chi connectivity index (χ0) is 6.62. The quantitative estimate of drug-likeness (QED) is 0.606. The van der Waals surface area contributed by atoms with Crippen molar-refractivity contribution < 1.29 is 0 Å².